The van der Waals surface area contributed by atoms with Gasteiger partial charge in [0.25, 0.3) is 0 Å². The molecule has 0 radical (unpaired) electrons. The highest BCUT2D eigenvalue weighted by Crippen LogP contribution is 2.42. The number of nitrogens with zero attached hydrogens (tertiary/aromatic N) is 1. The maximum Gasteiger partial charge on any atom is 0.240 e. The number of methoxy groups -OCH3 is 1. The summed E-state index contributed by atoms with van der Waals surface area (Å²) in [5, 5.41) is 0. The molecule has 3 N–H and O–H groups in total. The van der Waals surface area contributed by atoms with Gasteiger partial charge < -0.3 is 10.5 Å². The minimum atomic E-state index is -3.89. The van der Waals surface area contributed by atoms with E-state index in [0.717, 1.165) is 6.07 Å². The number of hydrogen-bond donors (Lipinski definition) is 2. The van der Waals surface area contributed by atoms with Crippen molar-refractivity contribution in [3.8, 4) is 5.75 Å². The van der Waals surface area contributed by atoms with E-state index < -0.39 is 49.3 Å². The normalized spacial score (nSPS) is 23.2. The molecule has 2 aromatic rings. The van der Waals surface area contributed by atoms with E-state index in [2.05, 4.69) is 4.72 Å². The van der Waals surface area contributed by atoms with E-state index in [1.54, 1.807) is 0 Å². The number of nitrogens with one attached hydrogen (secondary N) is 1. The maximum absolute atomic E-state index is 14.1. The molecule has 13 heteroatoms. The molecule has 2 fully saturated rings. The Morgan fingerprint density at radius 3 is 2.19 bits per heavy atom. The standard InChI is InChI=1S/C24H30F3N3O5S2/c1-35-19-4-6-20(7-5-19)37(33,34)29-8-9-36(31,32)30-17-2-3-18(30)11-16(10-17)24(28)13-15-12-22(26)23(27)14-21(15)25/h4-7,12,14,16-18,24,29H,2-3,8-11,13,28H2,1H3/t16?,17-,18+,24?. The van der Waals surface area contributed by atoms with Gasteiger partial charge in [-0.05, 0) is 73.9 Å². The van der Waals surface area contributed by atoms with E-state index in [1.807, 2.05) is 0 Å². The smallest absolute Gasteiger partial charge is 0.240 e. The molecular weight excluding hydrogens is 531 g/mol. The summed E-state index contributed by atoms with van der Waals surface area (Å²) in [6.07, 6.45) is 2.21. The van der Waals surface area contributed by atoms with Gasteiger partial charge in [-0.3, -0.25) is 0 Å². The molecular formula is C24H30F3N3O5S2. The van der Waals surface area contributed by atoms with E-state index in [1.165, 1.54) is 35.7 Å². The molecule has 0 amide bonds. The lowest BCUT2D eigenvalue weighted by Crippen LogP contribution is -2.51. The Labute approximate surface area is 215 Å². The first kappa shape index (κ1) is 27.8. The van der Waals surface area contributed by atoms with Gasteiger partial charge in [-0.2, -0.15) is 4.31 Å². The largest absolute Gasteiger partial charge is 0.497 e. The van der Waals surface area contributed by atoms with E-state index in [-0.39, 0.29) is 41.4 Å². The number of sulfonamides is 2. The highest BCUT2D eigenvalue weighted by molar-refractivity contribution is 7.90. The average molecular weight is 562 g/mol. The summed E-state index contributed by atoms with van der Waals surface area (Å²) in [6, 6.07) is 5.90. The molecule has 4 atom stereocenters. The van der Waals surface area contributed by atoms with Crippen LogP contribution in [-0.4, -0.2) is 58.7 Å². The molecule has 204 valence electrons. The molecule has 2 bridgehead atoms. The molecule has 4 rings (SSSR count). The lowest BCUT2D eigenvalue weighted by molar-refractivity contribution is 0.170. The quantitative estimate of drug-likeness (QED) is 0.431. The van der Waals surface area contributed by atoms with Crippen LogP contribution in [0.1, 0.15) is 31.2 Å². The third-order valence-corrected chi connectivity index (χ3v) is 10.6. The Morgan fingerprint density at radius 2 is 1.59 bits per heavy atom. The minimum absolute atomic E-state index is 0.00181. The summed E-state index contributed by atoms with van der Waals surface area (Å²) in [4.78, 5) is -0.00181. The van der Waals surface area contributed by atoms with Crippen molar-refractivity contribution in [3.63, 3.8) is 0 Å². The molecule has 2 aromatic carbocycles. The monoisotopic (exact) mass is 561 g/mol. The summed E-state index contributed by atoms with van der Waals surface area (Å²) < 4.78 is 101. The van der Waals surface area contributed by atoms with Gasteiger partial charge in [0.05, 0.1) is 17.8 Å². The number of hydrogen-bond acceptors (Lipinski definition) is 6. The fourth-order valence-electron chi connectivity index (χ4n) is 5.37. The second-order valence-electron chi connectivity index (χ2n) is 9.56. The molecule has 2 saturated heterocycles. The van der Waals surface area contributed by atoms with E-state index in [9.17, 15) is 30.0 Å². The van der Waals surface area contributed by atoms with Crippen LogP contribution in [0.15, 0.2) is 41.3 Å². The van der Waals surface area contributed by atoms with E-state index in [0.29, 0.717) is 37.5 Å². The zero-order valence-electron chi connectivity index (χ0n) is 20.2. The summed E-state index contributed by atoms with van der Waals surface area (Å²) >= 11 is 0. The molecule has 37 heavy (non-hydrogen) atoms. The molecule has 2 aliphatic rings. The van der Waals surface area contributed by atoms with Gasteiger partial charge in [-0.15, -0.1) is 0 Å². The first-order valence-corrected chi connectivity index (χ1v) is 15.0. The summed E-state index contributed by atoms with van der Waals surface area (Å²) in [7, 11) is -6.20. The first-order valence-electron chi connectivity index (χ1n) is 11.9. The Kier molecular flexibility index (Phi) is 8.19. The molecule has 0 aromatic heterocycles. The summed E-state index contributed by atoms with van der Waals surface area (Å²) in [5.74, 6) is -3.30. The van der Waals surface area contributed by atoms with Crippen molar-refractivity contribution in [2.24, 2.45) is 11.7 Å². The number of nitrogens with two attached hydrogens (primary N) is 1. The van der Waals surface area contributed by atoms with Gasteiger partial charge in [0.2, 0.25) is 20.0 Å². The topological polar surface area (TPSA) is 119 Å². The number of ether oxygens (including phenoxy) is 1. The predicted molar refractivity (Wildman–Crippen MR) is 131 cm³/mol. The number of fused-ring (bicyclic) bond motifs is 2. The van der Waals surface area contributed by atoms with Crippen LogP contribution in [0.2, 0.25) is 0 Å². The minimum Gasteiger partial charge on any atom is -0.497 e. The molecule has 2 aliphatic heterocycles. The van der Waals surface area contributed by atoms with Crippen molar-refractivity contribution in [2.75, 3.05) is 19.4 Å². The third kappa shape index (κ3) is 6.11. The second-order valence-corrected chi connectivity index (χ2v) is 13.3. The first-order chi connectivity index (χ1) is 17.4. The summed E-state index contributed by atoms with van der Waals surface area (Å²) in [5.41, 5.74) is 6.29. The lowest BCUT2D eigenvalue weighted by Gasteiger charge is -2.40. The van der Waals surface area contributed by atoms with Gasteiger partial charge in [0.1, 0.15) is 11.6 Å². The molecule has 2 heterocycles. The Balaban J connectivity index is 1.36. The zero-order chi connectivity index (χ0) is 27.0. The van der Waals surface area contributed by atoms with Crippen LogP contribution in [0.3, 0.4) is 0 Å². The molecule has 0 spiro atoms. The predicted octanol–water partition coefficient (Wildman–Crippen LogP) is 2.53. The molecule has 0 aliphatic carbocycles. The van der Waals surface area contributed by atoms with Gasteiger partial charge in [-0.1, -0.05) is 0 Å². The van der Waals surface area contributed by atoms with Gasteiger partial charge in [-0.25, -0.2) is 34.7 Å². The SMILES string of the molecule is COc1ccc(S(=O)(=O)NCCS(=O)(=O)N2[C@@H]3CC[C@H]2CC(C(N)Cc2cc(F)c(F)cc2F)C3)cc1. The molecule has 2 unspecified atom stereocenters. The Bertz CT molecular complexity index is 1330. The van der Waals surface area contributed by atoms with Gasteiger partial charge in [0.15, 0.2) is 11.6 Å². The fourth-order valence-corrected chi connectivity index (χ4v) is 8.39. The van der Waals surface area contributed by atoms with Crippen LogP contribution in [0.4, 0.5) is 13.2 Å². The van der Waals surface area contributed by atoms with Crippen molar-refractivity contribution in [2.45, 2.75) is 55.1 Å². The Hall–Kier alpha value is -2.19. The lowest BCUT2D eigenvalue weighted by atomic mass is 9.83. The number of rotatable bonds is 10. The van der Waals surface area contributed by atoms with Crippen LogP contribution in [0.5, 0.6) is 5.75 Å². The highest BCUT2D eigenvalue weighted by Gasteiger charge is 2.47. The highest BCUT2D eigenvalue weighted by atomic mass is 32.2. The van der Waals surface area contributed by atoms with Crippen molar-refractivity contribution in [3.05, 3.63) is 59.4 Å². The van der Waals surface area contributed by atoms with E-state index in [4.69, 9.17) is 10.5 Å². The molecule has 8 nitrogen and oxygen atoms in total. The van der Waals surface area contributed by atoms with Crippen LogP contribution >= 0.6 is 0 Å². The van der Waals surface area contributed by atoms with E-state index >= 15 is 0 Å². The second kappa shape index (κ2) is 10.9. The van der Waals surface area contributed by atoms with Crippen molar-refractivity contribution >= 4 is 20.0 Å². The zero-order valence-corrected chi connectivity index (χ0v) is 21.9. The van der Waals surface area contributed by atoms with Crippen molar-refractivity contribution in [1.82, 2.24) is 9.03 Å². The van der Waals surface area contributed by atoms with Crippen LogP contribution in [-0.2, 0) is 26.5 Å². The maximum atomic E-state index is 14.1. The number of piperidine rings is 1. The van der Waals surface area contributed by atoms with Gasteiger partial charge in [0, 0.05) is 30.7 Å². The number of benzene rings is 2. The van der Waals surface area contributed by atoms with Crippen molar-refractivity contribution in [1.29, 1.82) is 0 Å². The Morgan fingerprint density at radius 1 is 1.00 bits per heavy atom. The fraction of sp³-hybridized carbons (Fsp3) is 0.500. The van der Waals surface area contributed by atoms with Gasteiger partial charge >= 0.3 is 0 Å². The number of halogens is 3. The van der Waals surface area contributed by atoms with Crippen molar-refractivity contribution < 1.29 is 34.7 Å². The molecule has 0 saturated carbocycles. The average Bonchev–Trinajstić information content (AvgIpc) is 3.13. The summed E-state index contributed by atoms with van der Waals surface area (Å²) in [6.45, 7) is -0.287. The van der Waals surface area contributed by atoms with Crippen LogP contribution < -0.4 is 15.2 Å². The van der Waals surface area contributed by atoms with Crippen LogP contribution in [0, 0.1) is 23.4 Å². The third-order valence-electron chi connectivity index (χ3n) is 7.20. The van der Waals surface area contributed by atoms with Crippen LogP contribution in [0.25, 0.3) is 0 Å².